The van der Waals surface area contributed by atoms with E-state index in [2.05, 4.69) is 12.7 Å². The van der Waals surface area contributed by atoms with Gasteiger partial charge in [0.15, 0.2) is 12.1 Å². The standard InChI is InChI=1S/C14H22O3/c1-3-13(8-7-12(2)15)9-11-17-14-6-4-5-10-16-14/h7,14H,3-6,9-11H2,1-2H3. The van der Waals surface area contributed by atoms with Crippen LogP contribution in [0.4, 0.5) is 0 Å². The van der Waals surface area contributed by atoms with Crippen molar-refractivity contribution in [3.8, 4) is 0 Å². The molecular weight excluding hydrogens is 216 g/mol. The second-order valence-corrected chi connectivity index (χ2v) is 4.27. The number of rotatable bonds is 6. The van der Waals surface area contributed by atoms with Crippen LogP contribution >= 0.6 is 0 Å². The molecule has 1 fully saturated rings. The quantitative estimate of drug-likeness (QED) is 0.527. The Morgan fingerprint density at radius 1 is 1.53 bits per heavy atom. The summed E-state index contributed by atoms with van der Waals surface area (Å²) in [6, 6.07) is 0. The summed E-state index contributed by atoms with van der Waals surface area (Å²) in [5.41, 5.74) is 4.15. The van der Waals surface area contributed by atoms with Gasteiger partial charge >= 0.3 is 0 Å². The lowest BCUT2D eigenvalue weighted by molar-refractivity contribution is -0.161. The van der Waals surface area contributed by atoms with Gasteiger partial charge in [-0.1, -0.05) is 6.92 Å². The van der Waals surface area contributed by atoms with Crippen LogP contribution in [0.15, 0.2) is 17.4 Å². The van der Waals surface area contributed by atoms with Crippen molar-refractivity contribution in [2.45, 2.75) is 52.2 Å². The van der Waals surface area contributed by atoms with Crippen LogP contribution in [0.25, 0.3) is 0 Å². The van der Waals surface area contributed by atoms with E-state index in [0.29, 0.717) is 6.61 Å². The van der Waals surface area contributed by atoms with Gasteiger partial charge < -0.3 is 9.47 Å². The van der Waals surface area contributed by atoms with Gasteiger partial charge in [-0.15, -0.1) is 5.73 Å². The van der Waals surface area contributed by atoms with Crippen LogP contribution in [0, 0.1) is 0 Å². The van der Waals surface area contributed by atoms with Crippen molar-refractivity contribution in [1.82, 2.24) is 0 Å². The summed E-state index contributed by atoms with van der Waals surface area (Å²) < 4.78 is 11.1. The summed E-state index contributed by atoms with van der Waals surface area (Å²) in [5, 5.41) is 0. The number of carbonyl (C=O) groups is 1. The van der Waals surface area contributed by atoms with E-state index in [-0.39, 0.29) is 12.1 Å². The fraction of sp³-hybridized carbons (Fsp3) is 0.714. The van der Waals surface area contributed by atoms with Gasteiger partial charge in [-0.05, 0) is 44.6 Å². The summed E-state index contributed by atoms with van der Waals surface area (Å²) in [6.45, 7) is 5.05. The van der Waals surface area contributed by atoms with Crippen molar-refractivity contribution >= 4 is 5.78 Å². The molecule has 3 nitrogen and oxygen atoms in total. The number of ketones is 1. The molecule has 96 valence electrons. The molecule has 0 spiro atoms. The van der Waals surface area contributed by atoms with Gasteiger partial charge in [0, 0.05) is 12.7 Å². The molecule has 0 radical (unpaired) electrons. The minimum Gasteiger partial charge on any atom is -0.353 e. The van der Waals surface area contributed by atoms with E-state index in [1.165, 1.54) is 19.4 Å². The third-order valence-electron chi connectivity index (χ3n) is 2.75. The molecule has 1 aliphatic rings. The molecule has 0 aromatic carbocycles. The van der Waals surface area contributed by atoms with Gasteiger partial charge in [0.25, 0.3) is 0 Å². The normalized spacial score (nSPS) is 19.5. The Bertz CT molecular complexity index is 295. The first-order chi connectivity index (χ1) is 8.22. The lowest BCUT2D eigenvalue weighted by atomic mass is 10.1. The van der Waals surface area contributed by atoms with Crippen LogP contribution in [0.5, 0.6) is 0 Å². The van der Waals surface area contributed by atoms with E-state index in [1.807, 2.05) is 0 Å². The highest BCUT2D eigenvalue weighted by Crippen LogP contribution is 2.15. The minimum absolute atomic E-state index is 0.0290. The fourth-order valence-corrected chi connectivity index (χ4v) is 1.71. The van der Waals surface area contributed by atoms with Gasteiger partial charge in [0.2, 0.25) is 0 Å². The highest BCUT2D eigenvalue weighted by Gasteiger charge is 2.13. The minimum atomic E-state index is -0.0290. The van der Waals surface area contributed by atoms with Crippen molar-refractivity contribution in [3.63, 3.8) is 0 Å². The second kappa shape index (κ2) is 8.24. The van der Waals surface area contributed by atoms with Gasteiger partial charge in [-0.3, -0.25) is 4.79 Å². The lowest BCUT2D eigenvalue weighted by Gasteiger charge is -2.22. The lowest BCUT2D eigenvalue weighted by Crippen LogP contribution is -2.22. The highest BCUT2D eigenvalue weighted by molar-refractivity contribution is 5.87. The van der Waals surface area contributed by atoms with Crippen LogP contribution in [-0.2, 0) is 14.3 Å². The maximum Gasteiger partial charge on any atom is 0.160 e. The first-order valence-electron chi connectivity index (χ1n) is 6.40. The molecule has 1 unspecified atom stereocenters. The molecule has 0 aromatic rings. The van der Waals surface area contributed by atoms with E-state index >= 15 is 0 Å². The van der Waals surface area contributed by atoms with Crippen molar-refractivity contribution in [2.75, 3.05) is 13.2 Å². The van der Waals surface area contributed by atoms with Gasteiger partial charge in [-0.25, -0.2) is 0 Å². The fourth-order valence-electron chi connectivity index (χ4n) is 1.71. The summed E-state index contributed by atoms with van der Waals surface area (Å²) in [5.74, 6) is 0.0347. The maximum atomic E-state index is 10.8. The average Bonchev–Trinajstić information content (AvgIpc) is 2.34. The number of carbonyl (C=O) groups excluding carboxylic acids is 1. The zero-order valence-corrected chi connectivity index (χ0v) is 10.8. The van der Waals surface area contributed by atoms with Crippen LogP contribution in [0.3, 0.4) is 0 Å². The molecule has 1 atom stereocenters. The third-order valence-corrected chi connectivity index (χ3v) is 2.75. The zero-order chi connectivity index (χ0) is 12.5. The molecule has 0 aromatic heterocycles. The SMILES string of the molecule is CCC(=C=CC(C)=O)CCOC1CCCCO1. The van der Waals surface area contributed by atoms with E-state index in [0.717, 1.165) is 37.9 Å². The Labute approximate surface area is 103 Å². The Morgan fingerprint density at radius 2 is 2.35 bits per heavy atom. The summed E-state index contributed by atoms with van der Waals surface area (Å²) in [4.78, 5) is 10.8. The van der Waals surface area contributed by atoms with Gasteiger partial charge in [0.05, 0.1) is 6.61 Å². The predicted molar refractivity (Wildman–Crippen MR) is 66.7 cm³/mol. The maximum absolute atomic E-state index is 10.8. The predicted octanol–water partition coefficient (Wildman–Crippen LogP) is 3.00. The van der Waals surface area contributed by atoms with E-state index < -0.39 is 0 Å². The molecule has 0 N–H and O–H groups in total. The van der Waals surface area contributed by atoms with Crippen LogP contribution in [0.2, 0.25) is 0 Å². The Morgan fingerprint density at radius 3 is 2.94 bits per heavy atom. The second-order valence-electron chi connectivity index (χ2n) is 4.27. The monoisotopic (exact) mass is 238 g/mol. The molecule has 17 heavy (non-hydrogen) atoms. The molecule has 0 bridgehead atoms. The Balaban J connectivity index is 2.27. The van der Waals surface area contributed by atoms with Crippen molar-refractivity contribution in [1.29, 1.82) is 0 Å². The molecule has 0 saturated carbocycles. The Hall–Kier alpha value is -0.890. The van der Waals surface area contributed by atoms with Gasteiger partial charge in [0.1, 0.15) is 0 Å². The molecule has 0 aliphatic carbocycles. The first-order valence-corrected chi connectivity index (χ1v) is 6.40. The Kier molecular flexibility index (Phi) is 6.87. The van der Waals surface area contributed by atoms with Crippen molar-refractivity contribution < 1.29 is 14.3 Å². The third kappa shape index (κ3) is 6.42. The smallest absolute Gasteiger partial charge is 0.160 e. The molecule has 0 amide bonds. The molecular formula is C14H22O3. The van der Waals surface area contributed by atoms with Crippen LogP contribution in [0.1, 0.15) is 46.0 Å². The first kappa shape index (κ1) is 14.2. The average molecular weight is 238 g/mol. The van der Waals surface area contributed by atoms with E-state index in [9.17, 15) is 4.79 Å². The number of hydrogen-bond acceptors (Lipinski definition) is 3. The van der Waals surface area contributed by atoms with Crippen molar-refractivity contribution in [2.24, 2.45) is 0 Å². The van der Waals surface area contributed by atoms with Crippen molar-refractivity contribution in [3.05, 3.63) is 17.4 Å². The zero-order valence-electron chi connectivity index (χ0n) is 10.8. The number of ether oxygens (including phenoxy) is 2. The summed E-state index contributed by atoms with van der Waals surface area (Å²) in [7, 11) is 0. The molecule has 1 rings (SSSR count). The van der Waals surface area contributed by atoms with E-state index in [4.69, 9.17) is 9.47 Å². The molecule has 3 heteroatoms. The number of hydrogen-bond donors (Lipinski definition) is 0. The van der Waals surface area contributed by atoms with Gasteiger partial charge in [-0.2, -0.15) is 0 Å². The molecule has 1 aliphatic heterocycles. The largest absolute Gasteiger partial charge is 0.353 e. The summed E-state index contributed by atoms with van der Waals surface area (Å²) >= 11 is 0. The van der Waals surface area contributed by atoms with E-state index in [1.54, 1.807) is 0 Å². The van der Waals surface area contributed by atoms with Crippen LogP contribution in [-0.4, -0.2) is 25.3 Å². The highest BCUT2D eigenvalue weighted by atomic mass is 16.7. The topological polar surface area (TPSA) is 35.5 Å². The summed E-state index contributed by atoms with van der Waals surface area (Å²) in [6.07, 6.45) is 6.51. The molecule has 1 heterocycles. The molecule has 1 saturated heterocycles. The van der Waals surface area contributed by atoms with Crippen LogP contribution < -0.4 is 0 Å².